The lowest BCUT2D eigenvalue weighted by Crippen LogP contribution is -2.58. The van der Waals surface area contributed by atoms with Gasteiger partial charge < -0.3 is 0 Å². The third-order valence-corrected chi connectivity index (χ3v) is 4.66. The van der Waals surface area contributed by atoms with Crippen molar-refractivity contribution in [3.05, 3.63) is 35.9 Å². The van der Waals surface area contributed by atoms with Crippen molar-refractivity contribution in [1.82, 2.24) is 4.90 Å². The SMILES string of the molecule is CC1CN(C2(c3ccccc3)CCCCC2)C1. The van der Waals surface area contributed by atoms with Gasteiger partial charge in [-0.15, -0.1) is 0 Å². The van der Waals surface area contributed by atoms with E-state index in [1.165, 1.54) is 45.2 Å². The lowest BCUT2D eigenvalue weighted by atomic mass is 9.73. The average Bonchev–Trinajstić information content (AvgIpc) is 2.37. The summed E-state index contributed by atoms with van der Waals surface area (Å²) >= 11 is 0. The van der Waals surface area contributed by atoms with Crippen LogP contribution in [0.1, 0.15) is 44.6 Å². The summed E-state index contributed by atoms with van der Waals surface area (Å²) in [4.78, 5) is 2.74. The van der Waals surface area contributed by atoms with E-state index in [0.717, 1.165) is 5.92 Å². The second-order valence-electron chi connectivity index (χ2n) is 5.97. The number of hydrogen-bond donors (Lipinski definition) is 0. The van der Waals surface area contributed by atoms with Gasteiger partial charge in [-0.25, -0.2) is 0 Å². The van der Waals surface area contributed by atoms with Gasteiger partial charge in [0.1, 0.15) is 0 Å². The molecule has 1 aliphatic carbocycles. The third-order valence-electron chi connectivity index (χ3n) is 4.66. The van der Waals surface area contributed by atoms with Gasteiger partial charge in [-0.3, -0.25) is 4.90 Å². The van der Waals surface area contributed by atoms with Crippen LogP contribution >= 0.6 is 0 Å². The molecule has 92 valence electrons. The average molecular weight is 229 g/mol. The summed E-state index contributed by atoms with van der Waals surface area (Å²) < 4.78 is 0. The Labute approximate surface area is 105 Å². The zero-order valence-corrected chi connectivity index (χ0v) is 10.9. The molecule has 0 bridgehead atoms. The molecule has 1 saturated heterocycles. The first-order chi connectivity index (χ1) is 8.31. The van der Waals surface area contributed by atoms with Crippen molar-refractivity contribution < 1.29 is 0 Å². The van der Waals surface area contributed by atoms with Crippen LogP contribution in [0.5, 0.6) is 0 Å². The number of benzene rings is 1. The van der Waals surface area contributed by atoms with E-state index < -0.39 is 0 Å². The van der Waals surface area contributed by atoms with Crippen molar-refractivity contribution in [1.29, 1.82) is 0 Å². The van der Waals surface area contributed by atoms with Gasteiger partial charge in [0.15, 0.2) is 0 Å². The predicted octanol–water partition coefficient (Wildman–Crippen LogP) is 3.80. The fourth-order valence-electron chi connectivity index (χ4n) is 3.72. The summed E-state index contributed by atoms with van der Waals surface area (Å²) in [5.41, 5.74) is 1.94. The molecule has 1 aromatic rings. The molecule has 0 amide bonds. The number of rotatable bonds is 2. The monoisotopic (exact) mass is 229 g/mol. The van der Waals surface area contributed by atoms with Crippen LogP contribution in [-0.2, 0) is 5.54 Å². The number of likely N-dealkylation sites (tertiary alicyclic amines) is 1. The van der Waals surface area contributed by atoms with Crippen LogP contribution in [0.4, 0.5) is 0 Å². The fraction of sp³-hybridized carbons (Fsp3) is 0.625. The van der Waals surface area contributed by atoms with Gasteiger partial charge in [0.25, 0.3) is 0 Å². The van der Waals surface area contributed by atoms with Crippen molar-refractivity contribution in [3.63, 3.8) is 0 Å². The van der Waals surface area contributed by atoms with Crippen LogP contribution in [0.25, 0.3) is 0 Å². The highest BCUT2D eigenvalue weighted by Crippen LogP contribution is 2.45. The molecule has 1 aromatic carbocycles. The van der Waals surface area contributed by atoms with E-state index in [1.807, 2.05) is 0 Å². The molecule has 1 aliphatic heterocycles. The molecule has 1 heterocycles. The van der Waals surface area contributed by atoms with Crippen LogP contribution in [0.2, 0.25) is 0 Å². The Morgan fingerprint density at radius 1 is 1.00 bits per heavy atom. The molecule has 1 heteroatoms. The Hall–Kier alpha value is -0.820. The summed E-state index contributed by atoms with van der Waals surface area (Å²) in [5.74, 6) is 0.900. The lowest BCUT2D eigenvalue weighted by Gasteiger charge is -2.54. The van der Waals surface area contributed by atoms with Gasteiger partial charge in [0, 0.05) is 18.6 Å². The topological polar surface area (TPSA) is 3.24 Å². The second-order valence-corrected chi connectivity index (χ2v) is 5.97. The van der Waals surface area contributed by atoms with Crippen molar-refractivity contribution in [2.24, 2.45) is 5.92 Å². The van der Waals surface area contributed by atoms with E-state index in [1.54, 1.807) is 5.56 Å². The molecule has 17 heavy (non-hydrogen) atoms. The van der Waals surface area contributed by atoms with Crippen LogP contribution in [0.15, 0.2) is 30.3 Å². The Kier molecular flexibility index (Phi) is 2.96. The highest BCUT2D eigenvalue weighted by molar-refractivity contribution is 5.26. The Morgan fingerprint density at radius 2 is 1.65 bits per heavy atom. The summed E-state index contributed by atoms with van der Waals surface area (Å²) in [7, 11) is 0. The van der Waals surface area contributed by atoms with E-state index in [9.17, 15) is 0 Å². The summed E-state index contributed by atoms with van der Waals surface area (Å²) in [5, 5.41) is 0. The smallest absolute Gasteiger partial charge is 0.0460 e. The summed E-state index contributed by atoms with van der Waals surface area (Å²) in [6.45, 7) is 4.97. The van der Waals surface area contributed by atoms with Gasteiger partial charge in [-0.05, 0) is 24.3 Å². The predicted molar refractivity (Wildman–Crippen MR) is 71.9 cm³/mol. The minimum Gasteiger partial charge on any atom is -0.293 e. The van der Waals surface area contributed by atoms with Gasteiger partial charge in [0.05, 0.1) is 0 Å². The highest BCUT2D eigenvalue weighted by Gasteiger charge is 2.43. The maximum absolute atomic E-state index is 2.74. The molecule has 3 rings (SSSR count). The minimum atomic E-state index is 0.381. The molecule has 2 aliphatic rings. The highest BCUT2D eigenvalue weighted by atomic mass is 15.3. The molecule has 0 atom stereocenters. The summed E-state index contributed by atoms with van der Waals surface area (Å²) in [6, 6.07) is 11.2. The van der Waals surface area contributed by atoms with E-state index in [2.05, 4.69) is 42.2 Å². The zero-order chi connectivity index (χ0) is 11.7. The quantitative estimate of drug-likeness (QED) is 0.745. The molecular weight excluding hydrogens is 206 g/mol. The Balaban J connectivity index is 1.91. The first-order valence-electron chi connectivity index (χ1n) is 7.12. The maximum Gasteiger partial charge on any atom is 0.0460 e. The normalized spacial score (nSPS) is 25.5. The Morgan fingerprint density at radius 3 is 2.24 bits per heavy atom. The van der Waals surface area contributed by atoms with Crippen LogP contribution in [-0.4, -0.2) is 18.0 Å². The molecule has 0 N–H and O–H groups in total. The van der Waals surface area contributed by atoms with E-state index in [-0.39, 0.29) is 0 Å². The third kappa shape index (κ3) is 1.91. The molecule has 0 aromatic heterocycles. The first-order valence-corrected chi connectivity index (χ1v) is 7.12. The molecule has 0 spiro atoms. The molecule has 2 fully saturated rings. The zero-order valence-electron chi connectivity index (χ0n) is 10.9. The maximum atomic E-state index is 2.74. The van der Waals surface area contributed by atoms with Crippen LogP contribution in [0.3, 0.4) is 0 Å². The number of hydrogen-bond acceptors (Lipinski definition) is 1. The van der Waals surface area contributed by atoms with Crippen LogP contribution in [0, 0.1) is 5.92 Å². The largest absolute Gasteiger partial charge is 0.293 e. The molecule has 1 nitrogen and oxygen atoms in total. The van der Waals surface area contributed by atoms with E-state index in [0.29, 0.717) is 5.54 Å². The fourth-order valence-corrected chi connectivity index (χ4v) is 3.72. The second kappa shape index (κ2) is 4.45. The first kappa shape index (κ1) is 11.3. The molecule has 0 radical (unpaired) electrons. The van der Waals surface area contributed by atoms with E-state index >= 15 is 0 Å². The Bertz CT molecular complexity index is 358. The van der Waals surface area contributed by atoms with Crippen LogP contribution < -0.4 is 0 Å². The molecule has 0 unspecified atom stereocenters. The molecular formula is C16H23N. The standard InChI is InChI=1S/C16H23N/c1-14-12-17(13-14)16(10-6-3-7-11-16)15-8-4-2-5-9-15/h2,4-5,8-9,14H,3,6-7,10-13H2,1H3. The number of nitrogens with zero attached hydrogens (tertiary/aromatic N) is 1. The van der Waals surface area contributed by atoms with Crippen molar-refractivity contribution in [3.8, 4) is 0 Å². The molecule has 1 saturated carbocycles. The van der Waals surface area contributed by atoms with Gasteiger partial charge in [-0.2, -0.15) is 0 Å². The van der Waals surface area contributed by atoms with Crippen molar-refractivity contribution >= 4 is 0 Å². The van der Waals surface area contributed by atoms with Gasteiger partial charge in [-0.1, -0.05) is 56.5 Å². The lowest BCUT2D eigenvalue weighted by molar-refractivity contribution is -0.0361. The van der Waals surface area contributed by atoms with E-state index in [4.69, 9.17) is 0 Å². The summed E-state index contributed by atoms with van der Waals surface area (Å²) in [6.07, 6.45) is 6.96. The van der Waals surface area contributed by atoms with Crippen molar-refractivity contribution in [2.75, 3.05) is 13.1 Å². The van der Waals surface area contributed by atoms with Crippen molar-refractivity contribution in [2.45, 2.75) is 44.6 Å². The minimum absolute atomic E-state index is 0.381. The van der Waals surface area contributed by atoms with Gasteiger partial charge >= 0.3 is 0 Å². The van der Waals surface area contributed by atoms with Gasteiger partial charge in [0.2, 0.25) is 0 Å².